The predicted molar refractivity (Wildman–Crippen MR) is 289 cm³/mol. The van der Waals surface area contributed by atoms with E-state index in [2.05, 4.69) is 185 Å². The van der Waals surface area contributed by atoms with Crippen molar-refractivity contribution < 1.29 is 0 Å². The van der Waals surface area contributed by atoms with Gasteiger partial charge in [-0.2, -0.15) is 0 Å². The topological polar surface area (TPSA) is 48.5 Å². The lowest BCUT2D eigenvalue weighted by Crippen LogP contribution is -2.00. The third-order valence-corrected chi connectivity index (χ3v) is 14.8. The van der Waals surface area contributed by atoms with E-state index in [9.17, 15) is 0 Å². The van der Waals surface area contributed by atoms with Crippen LogP contribution >= 0.6 is 11.3 Å². The molecule has 0 atom stereocenters. The molecule has 69 heavy (non-hydrogen) atoms. The van der Waals surface area contributed by atoms with Gasteiger partial charge >= 0.3 is 0 Å². The number of thiophene rings is 1. The molecule has 0 spiro atoms. The zero-order valence-electron chi connectivity index (χ0n) is 37.2. The Hall–Kier alpha value is -8.97. The maximum atomic E-state index is 5.06. The van der Waals surface area contributed by atoms with Gasteiger partial charge in [0.2, 0.25) is 0 Å². The molecule has 0 bridgehead atoms. The molecule has 0 saturated heterocycles. The second kappa shape index (κ2) is 15.8. The lowest BCUT2D eigenvalue weighted by molar-refractivity contribution is 1.07. The fraction of sp³-hybridized carbons (Fsp3) is 0. The minimum Gasteiger partial charge on any atom is -0.309 e. The van der Waals surface area contributed by atoms with Gasteiger partial charge in [0, 0.05) is 69.8 Å². The molecule has 14 aromatic rings. The molecule has 0 fully saturated rings. The normalized spacial score (nSPS) is 11.8. The van der Waals surface area contributed by atoms with Crippen LogP contribution in [0.5, 0.6) is 0 Å². The van der Waals surface area contributed by atoms with E-state index in [1.54, 1.807) is 0 Å². The average molecular weight is 898 g/mol. The summed E-state index contributed by atoms with van der Waals surface area (Å²) in [4.78, 5) is 15.1. The van der Waals surface area contributed by atoms with Gasteiger partial charge in [-0.1, -0.05) is 158 Å². The van der Waals surface area contributed by atoms with Crippen LogP contribution < -0.4 is 0 Å². The van der Waals surface area contributed by atoms with Crippen LogP contribution in [0.25, 0.3) is 132 Å². The standard InChI is InChI=1S/C63H39N5S/c1-5-16-40(17-6-1)43-28-32-56-51(36-43)49-24-13-14-27-55(49)68(56)47-31-34-58-53(39-47)52-37-44(29-33-57(52)67(58)46-22-11-4-12-23-46)48-25-15-26-50-54-38-45(30-35-59(54)69-60(48)50)63-65-61(41-18-7-2-8-19-41)64-62(66-63)42-20-9-3-10-21-42/h1-39H. The number of hydrogen-bond donors (Lipinski definition) is 0. The van der Waals surface area contributed by atoms with Crippen molar-refractivity contribution >= 4 is 75.1 Å². The third kappa shape index (κ3) is 6.49. The Kier molecular flexibility index (Phi) is 9.00. The lowest BCUT2D eigenvalue weighted by atomic mass is 10.00. The van der Waals surface area contributed by atoms with Crippen molar-refractivity contribution in [3.63, 3.8) is 0 Å². The van der Waals surface area contributed by atoms with Crippen molar-refractivity contribution in [3.05, 3.63) is 237 Å². The number of aromatic nitrogens is 5. The highest BCUT2D eigenvalue weighted by atomic mass is 32.1. The number of rotatable bonds is 7. The smallest absolute Gasteiger partial charge is 0.164 e. The minimum absolute atomic E-state index is 0.651. The number of para-hydroxylation sites is 2. The Labute approximate surface area is 401 Å². The second-order valence-corrected chi connectivity index (χ2v) is 18.6. The van der Waals surface area contributed by atoms with Gasteiger partial charge in [0.05, 0.1) is 22.1 Å². The molecule has 6 heteroatoms. The summed E-state index contributed by atoms with van der Waals surface area (Å²) in [5, 5.41) is 7.29. The molecule has 0 unspecified atom stereocenters. The Morgan fingerprint density at radius 2 is 0.754 bits per heavy atom. The van der Waals surface area contributed by atoms with Crippen molar-refractivity contribution in [1.82, 2.24) is 24.1 Å². The van der Waals surface area contributed by atoms with Gasteiger partial charge < -0.3 is 9.13 Å². The van der Waals surface area contributed by atoms with E-state index in [1.807, 2.05) is 72.0 Å². The Morgan fingerprint density at radius 1 is 0.275 bits per heavy atom. The summed E-state index contributed by atoms with van der Waals surface area (Å²) in [7, 11) is 0. The molecule has 4 aromatic heterocycles. The summed E-state index contributed by atoms with van der Waals surface area (Å²) in [5.41, 5.74) is 14.7. The molecule has 14 rings (SSSR count). The SMILES string of the molecule is c1ccc(-c2ccc3c(c2)c2ccccc2n3-c2ccc3c(c2)c2cc(-c4cccc5c4sc4ccc(-c6nc(-c7ccccc7)nc(-c7ccccc7)n6)cc45)ccc2n3-c2ccccc2)cc1. The first-order chi connectivity index (χ1) is 34.2. The highest BCUT2D eigenvalue weighted by Gasteiger charge is 2.20. The minimum atomic E-state index is 0.651. The Bertz CT molecular complexity index is 4230. The number of nitrogens with zero attached hydrogens (tertiary/aromatic N) is 5. The van der Waals surface area contributed by atoms with Crippen LogP contribution in [-0.2, 0) is 0 Å². The molecule has 0 aliphatic carbocycles. The molecule has 0 amide bonds. The predicted octanol–water partition coefficient (Wildman–Crippen LogP) is 16.8. The first kappa shape index (κ1) is 39.2. The Morgan fingerprint density at radius 3 is 1.45 bits per heavy atom. The molecule has 322 valence electrons. The molecular weight excluding hydrogens is 859 g/mol. The largest absolute Gasteiger partial charge is 0.309 e. The number of fused-ring (bicyclic) bond motifs is 9. The summed E-state index contributed by atoms with van der Waals surface area (Å²) in [5.74, 6) is 1.96. The van der Waals surface area contributed by atoms with Crippen molar-refractivity contribution in [3.8, 4) is 67.8 Å². The molecule has 0 radical (unpaired) electrons. The van der Waals surface area contributed by atoms with E-state index in [-0.39, 0.29) is 0 Å². The fourth-order valence-corrected chi connectivity index (χ4v) is 11.6. The first-order valence-electron chi connectivity index (χ1n) is 23.3. The van der Waals surface area contributed by atoms with Crippen LogP contribution in [0.2, 0.25) is 0 Å². The summed E-state index contributed by atoms with van der Waals surface area (Å²) in [6.07, 6.45) is 0. The number of benzene rings is 10. The van der Waals surface area contributed by atoms with Crippen LogP contribution in [0, 0.1) is 0 Å². The van der Waals surface area contributed by atoms with Crippen LogP contribution in [0.4, 0.5) is 0 Å². The van der Waals surface area contributed by atoms with Crippen LogP contribution in [0.3, 0.4) is 0 Å². The van der Waals surface area contributed by atoms with Crippen molar-refractivity contribution in [2.24, 2.45) is 0 Å². The van der Waals surface area contributed by atoms with Gasteiger partial charge in [-0.05, 0) is 101 Å². The van der Waals surface area contributed by atoms with E-state index in [1.165, 1.54) is 86.0 Å². The van der Waals surface area contributed by atoms with E-state index < -0.39 is 0 Å². The van der Waals surface area contributed by atoms with E-state index in [0.717, 1.165) is 28.1 Å². The van der Waals surface area contributed by atoms with Crippen LogP contribution in [0.15, 0.2) is 237 Å². The van der Waals surface area contributed by atoms with E-state index >= 15 is 0 Å². The molecular formula is C63H39N5S. The van der Waals surface area contributed by atoms with Crippen LogP contribution in [-0.4, -0.2) is 24.1 Å². The first-order valence-corrected chi connectivity index (χ1v) is 24.1. The summed E-state index contributed by atoms with van der Waals surface area (Å²) in [6.45, 7) is 0. The van der Waals surface area contributed by atoms with Crippen molar-refractivity contribution in [2.75, 3.05) is 0 Å². The van der Waals surface area contributed by atoms with Crippen molar-refractivity contribution in [2.45, 2.75) is 0 Å². The fourth-order valence-electron chi connectivity index (χ4n) is 10.3. The van der Waals surface area contributed by atoms with Gasteiger partial charge in [-0.25, -0.2) is 15.0 Å². The average Bonchev–Trinajstić information content (AvgIpc) is 4.08. The van der Waals surface area contributed by atoms with E-state index in [4.69, 9.17) is 15.0 Å². The zero-order chi connectivity index (χ0) is 45.4. The highest BCUT2D eigenvalue weighted by molar-refractivity contribution is 7.26. The molecule has 10 aromatic carbocycles. The quantitative estimate of drug-likeness (QED) is 0.160. The molecule has 0 aliphatic heterocycles. The Balaban J connectivity index is 0.929. The summed E-state index contributed by atoms with van der Waals surface area (Å²) >= 11 is 1.84. The van der Waals surface area contributed by atoms with Gasteiger partial charge in [0.15, 0.2) is 17.5 Å². The molecule has 0 N–H and O–H groups in total. The maximum absolute atomic E-state index is 5.06. The second-order valence-electron chi connectivity index (χ2n) is 17.6. The van der Waals surface area contributed by atoms with E-state index in [0.29, 0.717) is 17.5 Å². The maximum Gasteiger partial charge on any atom is 0.164 e. The van der Waals surface area contributed by atoms with Gasteiger partial charge in [-0.15, -0.1) is 11.3 Å². The highest BCUT2D eigenvalue weighted by Crippen LogP contribution is 2.44. The molecule has 0 aliphatic rings. The lowest BCUT2D eigenvalue weighted by Gasteiger charge is -2.10. The van der Waals surface area contributed by atoms with Crippen molar-refractivity contribution in [1.29, 1.82) is 0 Å². The van der Waals surface area contributed by atoms with Gasteiger partial charge in [-0.3, -0.25) is 0 Å². The van der Waals surface area contributed by atoms with Gasteiger partial charge in [0.25, 0.3) is 0 Å². The third-order valence-electron chi connectivity index (χ3n) is 13.6. The molecule has 0 saturated carbocycles. The van der Waals surface area contributed by atoms with Crippen LogP contribution in [0.1, 0.15) is 0 Å². The monoisotopic (exact) mass is 897 g/mol. The number of hydrogen-bond acceptors (Lipinski definition) is 4. The zero-order valence-corrected chi connectivity index (χ0v) is 38.0. The molecule has 4 heterocycles. The summed E-state index contributed by atoms with van der Waals surface area (Å²) < 4.78 is 7.31. The summed E-state index contributed by atoms with van der Waals surface area (Å²) in [6, 6.07) is 84.7. The van der Waals surface area contributed by atoms with Gasteiger partial charge in [0.1, 0.15) is 0 Å². The molecule has 5 nitrogen and oxygen atoms in total.